The molecule has 1 N–H and O–H groups in total. The maximum Gasteiger partial charge on any atom is 0.303 e. The van der Waals surface area contributed by atoms with E-state index in [1.807, 2.05) is 0 Å². The van der Waals surface area contributed by atoms with Gasteiger partial charge in [-0.1, -0.05) is 20.3 Å². The molecule has 0 aliphatic heterocycles. The van der Waals surface area contributed by atoms with E-state index in [0.29, 0.717) is 12.3 Å². The fraction of sp³-hybridized carbons (Fsp3) is 0.966. The molecule has 0 aromatic carbocycles. The lowest BCUT2D eigenvalue weighted by Gasteiger charge is -2.07. The minimum absolute atomic E-state index is 0.377. The van der Waals surface area contributed by atoms with Crippen LogP contribution in [-0.4, -0.2) is 11.1 Å². The van der Waals surface area contributed by atoms with Gasteiger partial charge in [-0.05, 0) is 148 Å². The van der Waals surface area contributed by atoms with Crippen LogP contribution in [0.15, 0.2) is 0 Å². The molecule has 0 saturated heterocycles. The monoisotopic (exact) mass is 426 g/mol. The normalized spacial score (nSPS) is 51.8. The van der Waals surface area contributed by atoms with E-state index in [-0.39, 0.29) is 0 Å². The van der Waals surface area contributed by atoms with Gasteiger partial charge < -0.3 is 5.11 Å². The van der Waals surface area contributed by atoms with Crippen LogP contribution in [0.4, 0.5) is 0 Å². The summed E-state index contributed by atoms with van der Waals surface area (Å²) in [6, 6.07) is 0. The maximum absolute atomic E-state index is 10.9. The number of carboxylic acids is 1. The van der Waals surface area contributed by atoms with Gasteiger partial charge in [-0.3, -0.25) is 4.79 Å². The molecule has 6 aliphatic carbocycles. The molecule has 2 heteroatoms. The molecule has 0 spiro atoms. The highest BCUT2D eigenvalue weighted by atomic mass is 16.4. The van der Waals surface area contributed by atoms with E-state index in [1.54, 1.807) is 51.4 Å². The Labute approximate surface area is 190 Å². The topological polar surface area (TPSA) is 37.3 Å². The van der Waals surface area contributed by atoms with E-state index in [0.717, 1.165) is 71.0 Å². The Morgan fingerprint density at radius 2 is 1.00 bits per heavy atom. The van der Waals surface area contributed by atoms with Gasteiger partial charge in [-0.15, -0.1) is 0 Å². The molecule has 13 unspecified atom stereocenters. The van der Waals surface area contributed by atoms with Crippen molar-refractivity contribution in [3.63, 3.8) is 0 Å². The van der Waals surface area contributed by atoms with Crippen LogP contribution in [0.5, 0.6) is 0 Å². The predicted octanol–water partition coefficient (Wildman–Crippen LogP) is 7.27. The van der Waals surface area contributed by atoms with Gasteiger partial charge in [0.15, 0.2) is 0 Å². The van der Waals surface area contributed by atoms with Gasteiger partial charge in [-0.25, -0.2) is 0 Å². The first kappa shape index (κ1) is 21.0. The highest BCUT2D eigenvalue weighted by Crippen LogP contribution is 2.62. The highest BCUT2D eigenvalue weighted by Gasteiger charge is 2.53. The lowest BCUT2D eigenvalue weighted by molar-refractivity contribution is -0.138. The third kappa shape index (κ3) is 5.19. The minimum atomic E-state index is -0.611. The summed E-state index contributed by atoms with van der Waals surface area (Å²) in [4.78, 5) is 10.9. The van der Waals surface area contributed by atoms with E-state index >= 15 is 0 Å². The van der Waals surface area contributed by atoms with Crippen molar-refractivity contribution >= 4 is 5.97 Å². The first-order chi connectivity index (χ1) is 15.0. The van der Waals surface area contributed by atoms with Crippen LogP contribution in [-0.2, 0) is 4.79 Å². The van der Waals surface area contributed by atoms with Crippen LogP contribution in [0.2, 0.25) is 0 Å². The van der Waals surface area contributed by atoms with Crippen molar-refractivity contribution in [2.24, 2.45) is 76.9 Å². The molecular formula is C29H46O2. The van der Waals surface area contributed by atoms with E-state index in [4.69, 9.17) is 5.11 Å². The fourth-order valence-electron chi connectivity index (χ4n) is 8.26. The zero-order valence-corrected chi connectivity index (χ0v) is 20.1. The van der Waals surface area contributed by atoms with Gasteiger partial charge in [-0.2, -0.15) is 0 Å². The van der Waals surface area contributed by atoms with E-state index < -0.39 is 5.97 Å². The summed E-state index contributed by atoms with van der Waals surface area (Å²) in [5, 5.41) is 9.01. The zero-order chi connectivity index (χ0) is 21.3. The Morgan fingerprint density at radius 3 is 1.35 bits per heavy atom. The summed E-state index contributed by atoms with van der Waals surface area (Å²) in [5.41, 5.74) is 0. The average molecular weight is 427 g/mol. The molecule has 6 rings (SSSR count). The van der Waals surface area contributed by atoms with Gasteiger partial charge in [0, 0.05) is 6.42 Å². The molecule has 6 saturated carbocycles. The Hall–Kier alpha value is -0.530. The van der Waals surface area contributed by atoms with Gasteiger partial charge in [0.05, 0.1) is 0 Å². The molecule has 0 amide bonds. The smallest absolute Gasteiger partial charge is 0.303 e. The molecule has 0 heterocycles. The van der Waals surface area contributed by atoms with Crippen LogP contribution in [0.3, 0.4) is 0 Å². The van der Waals surface area contributed by atoms with Gasteiger partial charge in [0.1, 0.15) is 0 Å². The molecule has 31 heavy (non-hydrogen) atoms. The van der Waals surface area contributed by atoms with Gasteiger partial charge >= 0.3 is 5.97 Å². The number of aliphatic carboxylic acids is 1. The van der Waals surface area contributed by atoms with E-state index in [2.05, 4.69) is 13.8 Å². The molecular weight excluding hydrogens is 380 g/mol. The minimum Gasteiger partial charge on any atom is -0.481 e. The van der Waals surface area contributed by atoms with Crippen LogP contribution in [0, 0.1) is 76.9 Å². The fourth-order valence-corrected chi connectivity index (χ4v) is 8.26. The van der Waals surface area contributed by atoms with Gasteiger partial charge in [0.2, 0.25) is 0 Å². The molecule has 6 aliphatic rings. The van der Waals surface area contributed by atoms with Crippen LogP contribution in [0.25, 0.3) is 0 Å². The first-order valence-electron chi connectivity index (χ1n) is 14.2. The van der Waals surface area contributed by atoms with Crippen molar-refractivity contribution in [1.29, 1.82) is 0 Å². The number of hydrogen-bond acceptors (Lipinski definition) is 1. The van der Waals surface area contributed by atoms with Crippen LogP contribution < -0.4 is 0 Å². The second-order valence-electron chi connectivity index (χ2n) is 13.6. The van der Waals surface area contributed by atoms with Crippen LogP contribution in [0.1, 0.15) is 97.3 Å². The molecule has 0 aromatic heterocycles. The van der Waals surface area contributed by atoms with Crippen molar-refractivity contribution in [1.82, 2.24) is 0 Å². The molecule has 2 nitrogen and oxygen atoms in total. The van der Waals surface area contributed by atoms with E-state index in [9.17, 15) is 4.79 Å². The largest absolute Gasteiger partial charge is 0.481 e. The highest BCUT2D eigenvalue weighted by molar-refractivity contribution is 5.67. The average Bonchev–Trinajstić information content (AvgIpc) is 3.54. The molecule has 174 valence electrons. The third-order valence-electron chi connectivity index (χ3n) is 11.1. The summed E-state index contributed by atoms with van der Waals surface area (Å²) >= 11 is 0. The second kappa shape index (κ2) is 8.05. The van der Waals surface area contributed by atoms with Crippen LogP contribution >= 0.6 is 0 Å². The van der Waals surface area contributed by atoms with Crippen molar-refractivity contribution in [3.05, 3.63) is 0 Å². The Kier molecular flexibility index (Phi) is 5.46. The number of rotatable bonds is 14. The van der Waals surface area contributed by atoms with Gasteiger partial charge in [0.25, 0.3) is 0 Å². The predicted molar refractivity (Wildman–Crippen MR) is 124 cm³/mol. The first-order valence-corrected chi connectivity index (χ1v) is 14.2. The standard InChI is InChI=1S/C29H46O2/c1-3-17-5-18(17)6-19-7-20(19)8-21-9-22(21)10-23-11-24(23)12-25-13-26(25)14-27-15-28(27)16(2)4-29(30)31/h16-28H,3-15H2,1-2H3,(H,30,31). The Morgan fingerprint density at radius 1 is 0.645 bits per heavy atom. The summed E-state index contributed by atoms with van der Waals surface area (Å²) in [6.45, 7) is 4.54. The quantitative estimate of drug-likeness (QED) is 0.317. The van der Waals surface area contributed by atoms with Crippen molar-refractivity contribution < 1.29 is 9.90 Å². The number of carboxylic acid groups (broad SMARTS) is 1. The molecule has 0 bridgehead atoms. The molecule has 0 radical (unpaired) electrons. The number of hydrogen-bond donors (Lipinski definition) is 1. The van der Waals surface area contributed by atoms with Crippen molar-refractivity contribution in [2.45, 2.75) is 97.3 Å². The summed E-state index contributed by atoms with van der Waals surface area (Å²) < 4.78 is 0. The molecule has 0 aromatic rings. The lowest BCUT2D eigenvalue weighted by atomic mass is 9.98. The van der Waals surface area contributed by atoms with Crippen molar-refractivity contribution in [3.8, 4) is 0 Å². The summed E-state index contributed by atoms with van der Waals surface area (Å²) in [6.07, 6.45) is 18.6. The Bertz CT molecular complexity index is 686. The SMILES string of the molecule is CCC1CC1CC1CC1CC1CC1CC1CC1CC1CC1CC1CC1C(C)CC(=O)O. The summed E-state index contributed by atoms with van der Waals surface area (Å²) in [5.74, 6) is 12.4. The third-order valence-corrected chi connectivity index (χ3v) is 11.1. The maximum atomic E-state index is 10.9. The number of carbonyl (C=O) groups is 1. The zero-order valence-electron chi connectivity index (χ0n) is 20.1. The lowest BCUT2D eigenvalue weighted by Crippen LogP contribution is -2.07. The second-order valence-corrected chi connectivity index (χ2v) is 13.6. The molecule has 13 atom stereocenters. The summed E-state index contributed by atoms with van der Waals surface area (Å²) in [7, 11) is 0. The van der Waals surface area contributed by atoms with E-state index in [1.165, 1.54) is 25.7 Å². The van der Waals surface area contributed by atoms with Crippen molar-refractivity contribution in [2.75, 3.05) is 0 Å². The molecule has 6 fully saturated rings. The Balaban J connectivity index is 0.814.